The largest absolute Gasteiger partial charge is 0.394 e. The van der Waals surface area contributed by atoms with E-state index in [0.29, 0.717) is 0 Å². The smallest absolute Gasteiger partial charge is 0.189 e. The van der Waals surface area contributed by atoms with Gasteiger partial charge >= 0.3 is 0 Å². The maximum absolute atomic E-state index is 11.3. The van der Waals surface area contributed by atoms with Crippen LogP contribution in [0.1, 0.15) is 12.8 Å². The quantitative estimate of drug-likeness (QED) is 0.117. The van der Waals surface area contributed by atoms with Gasteiger partial charge in [0.25, 0.3) is 0 Å². The summed E-state index contributed by atoms with van der Waals surface area (Å²) >= 11 is 0. The van der Waals surface area contributed by atoms with Crippen LogP contribution >= 0.6 is 0 Å². The normalized spacial score (nSPS) is 55.1. The Balaban J connectivity index is 1.27. The highest BCUT2D eigenvalue weighted by atomic mass is 16.8. The molecule has 1 saturated carbocycles. The molecule has 5 fully saturated rings. The Morgan fingerprint density at radius 1 is 0.682 bits per heavy atom. The second-order valence-electron chi connectivity index (χ2n) is 12.2. The van der Waals surface area contributed by atoms with Gasteiger partial charge in [-0.1, -0.05) is 0 Å². The standard InChI is InChI=1S/C25H47N5O14/c1-30-13-17(36)20-10(39-23(13)44-25-18(37)16(35)12(29)11(4-31)40-25)3-8(28)22(42-20)41-19-7(27)2-6(26)14(33)21(19)43-24-15(34)9(32)5-38-24/h6-25,30-37H,2-5,26-29H2,1H3/t6-,7+,8-,9-,10?,11-,12-,13+,14+,15-,16+,17-,18-,19-,20?,21-,22+,23-,24?,25-/m1/s1. The summed E-state index contributed by atoms with van der Waals surface area (Å²) in [7, 11) is 1.54. The van der Waals surface area contributed by atoms with Gasteiger partial charge in [0, 0.05) is 12.1 Å². The zero-order chi connectivity index (χ0) is 32.0. The first-order chi connectivity index (χ1) is 20.9. The van der Waals surface area contributed by atoms with Crippen LogP contribution < -0.4 is 28.3 Å². The predicted molar refractivity (Wildman–Crippen MR) is 144 cm³/mol. The van der Waals surface area contributed by atoms with E-state index in [1.807, 2.05) is 0 Å². The fourth-order valence-corrected chi connectivity index (χ4v) is 6.44. The average molecular weight is 642 g/mol. The molecule has 5 rings (SSSR count). The lowest BCUT2D eigenvalue weighted by Crippen LogP contribution is -2.70. The second kappa shape index (κ2) is 14.2. The van der Waals surface area contributed by atoms with Gasteiger partial charge in [-0.05, 0) is 19.9 Å². The molecule has 0 spiro atoms. The van der Waals surface area contributed by atoms with Crippen LogP contribution in [0.25, 0.3) is 0 Å². The van der Waals surface area contributed by atoms with E-state index in [1.165, 1.54) is 0 Å². The first-order valence-corrected chi connectivity index (χ1v) is 14.8. The molecular formula is C25H47N5O14. The van der Waals surface area contributed by atoms with Gasteiger partial charge in [0.05, 0.1) is 43.5 Å². The summed E-state index contributed by atoms with van der Waals surface area (Å²) in [4.78, 5) is 0. The molecule has 0 amide bonds. The van der Waals surface area contributed by atoms with Crippen LogP contribution in [0.5, 0.6) is 0 Å². The molecule has 16 N–H and O–H groups in total. The Morgan fingerprint density at radius 2 is 1.39 bits per heavy atom. The van der Waals surface area contributed by atoms with E-state index >= 15 is 0 Å². The number of ether oxygens (including phenoxy) is 7. The number of aliphatic hydroxyl groups excluding tert-OH is 7. The molecule has 0 radical (unpaired) electrons. The van der Waals surface area contributed by atoms with Crippen LogP contribution in [0.2, 0.25) is 0 Å². The van der Waals surface area contributed by atoms with E-state index in [-0.39, 0.29) is 19.4 Å². The third-order valence-electron chi connectivity index (χ3n) is 9.11. The Kier molecular flexibility index (Phi) is 11.1. The van der Waals surface area contributed by atoms with E-state index in [1.54, 1.807) is 7.05 Å². The van der Waals surface area contributed by atoms with Crippen molar-refractivity contribution in [2.24, 2.45) is 22.9 Å². The summed E-state index contributed by atoms with van der Waals surface area (Å²) in [6.45, 7) is -0.700. The van der Waals surface area contributed by atoms with Crippen molar-refractivity contribution < 1.29 is 68.9 Å². The first-order valence-electron chi connectivity index (χ1n) is 14.8. The van der Waals surface area contributed by atoms with Crippen molar-refractivity contribution in [1.82, 2.24) is 5.32 Å². The van der Waals surface area contributed by atoms with E-state index < -0.39 is 129 Å². The number of hydrogen-bond donors (Lipinski definition) is 12. The third kappa shape index (κ3) is 6.65. The molecule has 4 heterocycles. The topological polar surface area (TPSA) is 322 Å². The molecule has 19 heteroatoms. The highest BCUT2D eigenvalue weighted by Crippen LogP contribution is 2.36. The summed E-state index contributed by atoms with van der Waals surface area (Å²) in [5.41, 5.74) is 24.7. The zero-order valence-electron chi connectivity index (χ0n) is 24.2. The minimum Gasteiger partial charge on any atom is -0.394 e. The van der Waals surface area contributed by atoms with Crippen LogP contribution in [-0.4, -0.2) is 179 Å². The number of nitrogens with two attached hydrogens (primary N) is 4. The molecular weight excluding hydrogens is 594 g/mol. The van der Waals surface area contributed by atoms with Gasteiger partial charge in [-0.15, -0.1) is 0 Å². The molecule has 256 valence electrons. The third-order valence-corrected chi connectivity index (χ3v) is 9.11. The van der Waals surface area contributed by atoms with Gasteiger partial charge in [0.15, 0.2) is 25.2 Å². The Hall–Kier alpha value is -0.760. The molecule has 44 heavy (non-hydrogen) atoms. The highest BCUT2D eigenvalue weighted by Gasteiger charge is 2.55. The summed E-state index contributed by atoms with van der Waals surface area (Å²) < 4.78 is 40.9. The number of nitrogens with one attached hydrogen (secondary N) is 1. The van der Waals surface area contributed by atoms with Crippen molar-refractivity contribution in [3.05, 3.63) is 0 Å². The SMILES string of the molecule is CN[C@@H]1[C@@H](O[C@H]2O[C@H](CO)[C@@H](N)[C@H](O)[C@H]2O)OC2C[C@@H](N)[C@@H](O[C@H]3[C@H](OC4OC[C@@H](O)[C@H]4O)[C@@H](O)[C@H](N)C[C@@H]3N)OC2[C@@H]1O. The summed E-state index contributed by atoms with van der Waals surface area (Å²) in [5, 5.41) is 75.5. The lowest BCUT2D eigenvalue weighted by molar-refractivity contribution is -0.374. The summed E-state index contributed by atoms with van der Waals surface area (Å²) in [5.74, 6) is 0. The van der Waals surface area contributed by atoms with Crippen molar-refractivity contribution >= 4 is 0 Å². The monoisotopic (exact) mass is 641 g/mol. The minimum absolute atomic E-state index is 0.107. The van der Waals surface area contributed by atoms with Crippen LogP contribution in [0.4, 0.5) is 0 Å². The van der Waals surface area contributed by atoms with Crippen LogP contribution in [0.3, 0.4) is 0 Å². The van der Waals surface area contributed by atoms with Crippen molar-refractivity contribution in [3.8, 4) is 0 Å². The van der Waals surface area contributed by atoms with Gasteiger partial charge < -0.3 is 97.2 Å². The molecule has 0 bridgehead atoms. The van der Waals surface area contributed by atoms with Gasteiger partial charge in [-0.3, -0.25) is 0 Å². The minimum atomic E-state index is -1.57. The number of fused-ring (bicyclic) bond motifs is 1. The maximum Gasteiger partial charge on any atom is 0.189 e. The molecule has 5 aliphatic rings. The van der Waals surface area contributed by atoms with Crippen LogP contribution in [0.15, 0.2) is 0 Å². The van der Waals surface area contributed by atoms with Crippen molar-refractivity contribution in [2.75, 3.05) is 20.3 Å². The van der Waals surface area contributed by atoms with E-state index in [2.05, 4.69) is 5.32 Å². The second-order valence-corrected chi connectivity index (χ2v) is 12.2. The molecule has 1 aliphatic carbocycles. The summed E-state index contributed by atoms with van der Waals surface area (Å²) in [6, 6.07) is -4.34. The first kappa shape index (κ1) is 34.6. The highest BCUT2D eigenvalue weighted by molar-refractivity contribution is 5.02. The number of likely N-dealkylation sites (N-methyl/N-ethyl adjacent to an activating group) is 1. The van der Waals surface area contributed by atoms with E-state index in [0.717, 1.165) is 0 Å². The Morgan fingerprint density at radius 3 is 2.02 bits per heavy atom. The molecule has 0 aromatic rings. The fraction of sp³-hybridized carbons (Fsp3) is 1.00. The van der Waals surface area contributed by atoms with Crippen molar-refractivity contribution in [2.45, 2.75) is 135 Å². The maximum atomic E-state index is 11.3. The van der Waals surface area contributed by atoms with Crippen LogP contribution in [-0.2, 0) is 33.2 Å². The van der Waals surface area contributed by atoms with Gasteiger partial charge in [0.2, 0.25) is 0 Å². The predicted octanol–water partition coefficient (Wildman–Crippen LogP) is -7.85. The summed E-state index contributed by atoms with van der Waals surface area (Å²) in [6.07, 6.45) is -17.9. The molecule has 20 atom stereocenters. The zero-order valence-corrected chi connectivity index (χ0v) is 24.2. The lowest BCUT2D eigenvalue weighted by Gasteiger charge is -2.51. The van der Waals surface area contributed by atoms with Crippen molar-refractivity contribution in [3.63, 3.8) is 0 Å². The molecule has 0 aromatic heterocycles. The number of hydrogen-bond acceptors (Lipinski definition) is 19. The van der Waals surface area contributed by atoms with Crippen molar-refractivity contribution in [1.29, 1.82) is 0 Å². The molecule has 19 nitrogen and oxygen atoms in total. The van der Waals surface area contributed by atoms with Gasteiger partial charge in [-0.2, -0.15) is 0 Å². The lowest BCUT2D eigenvalue weighted by atomic mass is 9.84. The molecule has 3 unspecified atom stereocenters. The average Bonchev–Trinajstić information content (AvgIpc) is 3.30. The fourth-order valence-electron chi connectivity index (χ4n) is 6.44. The Labute approximate surface area is 253 Å². The van der Waals surface area contributed by atoms with Gasteiger partial charge in [0.1, 0.15) is 54.9 Å². The van der Waals surface area contributed by atoms with Crippen LogP contribution in [0, 0.1) is 0 Å². The van der Waals surface area contributed by atoms with E-state index in [9.17, 15) is 35.7 Å². The molecule has 4 aliphatic heterocycles. The number of aliphatic hydroxyl groups is 7. The molecule has 4 saturated heterocycles. The molecule has 0 aromatic carbocycles. The number of rotatable bonds is 8. The van der Waals surface area contributed by atoms with Gasteiger partial charge in [-0.25, -0.2) is 0 Å². The van der Waals surface area contributed by atoms with E-state index in [4.69, 9.17) is 56.1 Å². The Bertz CT molecular complexity index is 944.